The third-order valence-corrected chi connectivity index (χ3v) is 3.92. The van der Waals surface area contributed by atoms with Crippen molar-refractivity contribution in [1.29, 1.82) is 0 Å². The maximum Gasteiger partial charge on any atom is -0.00153 e. The largest absolute Gasteiger partial charge is 0.316 e. The summed E-state index contributed by atoms with van der Waals surface area (Å²) >= 11 is 0. The van der Waals surface area contributed by atoms with Crippen molar-refractivity contribution in [2.45, 2.75) is 59.3 Å². The minimum Gasteiger partial charge on any atom is -0.316 e. The van der Waals surface area contributed by atoms with Gasteiger partial charge in [-0.2, -0.15) is 0 Å². The number of hydrogen-bond acceptors (Lipinski definition) is 1. The molecule has 0 radical (unpaired) electrons. The molecule has 1 N–H and O–H groups in total. The zero-order valence-electron chi connectivity index (χ0n) is 10.2. The molecule has 0 aromatic rings. The molecule has 0 amide bonds. The van der Waals surface area contributed by atoms with Crippen LogP contribution in [0.4, 0.5) is 0 Å². The second kappa shape index (κ2) is 5.75. The lowest BCUT2D eigenvalue weighted by Crippen LogP contribution is -2.39. The van der Waals surface area contributed by atoms with Crippen LogP contribution < -0.4 is 5.32 Å². The normalized spacial score (nSPS) is 23.8. The lowest BCUT2D eigenvalue weighted by molar-refractivity contribution is 0.121. The molecule has 1 heteroatoms. The van der Waals surface area contributed by atoms with Crippen LogP contribution in [0.5, 0.6) is 0 Å². The molecule has 1 unspecified atom stereocenters. The molecule has 0 aromatic carbocycles. The lowest BCUT2D eigenvalue weighted by Gasteiger charge is -2.40. The minimum atomic E-state index is 0.608. The van der Waals surface area contributed by atoms with Gasteiger partial charge in [0.05, 0.1) is 0 Å². The van der Waals surface area contributed by atoms with E-state index in [2.05, 4.69) is 26.1 Å². The van der Waals surface area contributed by atoms with Gasteiger partial charge in [0.25, 0.3) is 0 Å². The van der Waals surface area contributed by atoms with Crippen molar-refractivity contribution in [3.8, 4) is 0 Å². The van der Waals surface area contributed by atoms with E-state index in [9.17, 15) is 0 Å². The van der Waals surface area contributed by atoms with Crippen LogP contribution in [0.25, 0.3) is 0 Å². The Morgan fingerprint density at radius 1 is 1.21 bits per heavy atom. The number of rotatable bonds is 5. The predicted octanol–water partition coefficient (Wildman–Crippen LogP) is 3.59. The molecule has 14 heavy (non-hydrogen) atoms. The Labute approximate surface area is 89.7 Å². The van der Waals surface area contributed by atoms with Gasteiger partial charge >= 0.3 is 0 Å². The first kappa shape index (κ1) is 12.0. The molecule has 1 nitrogen and oxygen atoms in total. The van der Waals surface area contributed by atoms with Crippen LogP contribution >= 0.6 is 0 Å². The summed E-state index contributed by atoms with van der Waals surface area (Å²) in [7, 11) is 0. The highest BCUT2D eigenvalue weighted by atomic mass is 14.9. The summed E-state index contributed by atoms with van der Waals surface area (Å²) in [6.07, 6.45) is 8.33. The molecule has 84 valence electrons. The zero-order chi connectivity index (χ0) is 10.4. The molecule has 0 saturated carbocycles. The van der Waals surface area contributed by atoms with Crippen LogP contribution in [0, 0.1) is 11.3 Å². The Morgan fingerprint density at radius 3 is 2.29 bits per heavy atom. The standard InChI is InChI=1S/C13H27N/c1-4-8-13(3,9-5-2)12-7-6-10-14-11-12/h12,14H,4-11H2,1-3H3. The quantitative estimate of drug-likeness (QED) is 0.710. The van der Waals surface area contributed by atoms with E-state index in [1.165, 1.54) is 51.6 Å². The van der Waals surface area contributed by atoms with Gasteiger partial charge in [0.1, 0.15) is 0 Å². The maximum absolute atomic E-state index is 3.56. The summed E-state index contributed by atoms with van der Waals surface area (Å²) in [6, 6.07) is 0. The van der Waals surface area contributed by atoms with E-state index in [0.29, 0.717) is 5.41 Å². The van der Waals surface area contributed by atoms with Gasteiger partial charge in [0.15, 0.2) is 0 Å². The van der Waals surface area contributed by atoms with Crippen LogP contribution in [0.1, 0.15) is 59.3 Å². The topological polar surface area (TPSA) is 12.0 Å². The second-order valence-corrected chi connectivity index (χ2v) is 5.20. The summed E-state index contributed by atoms with van der Waals surface area (Å²) in [5, 5.41) is 3.56. The van der Waals surface area contributed by atoms with Crippen LogP contribution in [0.3, 0.4) is 0 Å². The summed E-state index contributed by atoms with van der Waals surface area (Å²) in [6.45, 7) is 9.66. The van der Waals surface area contributed by atoms with Crippen molar-refractivity contribution in [3.05, 3.63) is 0 Å². The SMILES string of the molecule is CCCC(C)(CCC)C1CCCNC1. The maximum atomic E-state index is 3.56. The Bertz CT molecular complexity index is 141. The van der Waals surface area contributed by atoms with Gasteiger partial charge in [-0.1, -0.05) is 33.6 Å². The zero-order valence-corrected chi connectivity index (χ0v) is 10.2. The van der Waals surface area contributed by atoms with E-state index in [0.717, 1.165) is 5.92 Å². The first-order chi connectivity index (χ1) is 6.73. The molecule has 0 aliphatic carbocycles. The molecule has 1 aliphatic heterocycles. The van der Waals surface area contributed by atoms with E-state index < -0.39 is 0 Å². The van der Waals surface area contributed by atoms with Crippen LogP contribution in [-0.4, -0.2) is 13.1 Å². The van der Waals surface area contributed by atoms with Crippen molar-refractivity contribution in [1.82, 2.24) is 5.32 Å². The van der Waals surface area contributed by atoms with Gasteiger partial charge < -0.3 is 5.32 Å². The summed E-state index contributed by atoms with van der Waals surface area (Å²) < 4.78 is 0. The van der Waals surface area contributed by atoms with Crippen LogP contribution in [0.15, 0.2) is 0 Å². The number of nitrogens with one attached hydrogen (secondary N) is 1. The average Bonchev–Trinajstić information content (AvgIpc) is 2.20. The van der Waals surface area contributed by atoms with E-state index >= 15 is 0 Å². The smallest absolute Gasteiger partial charge is 0.00153 e. The van der Waals surface area contributed by atoms with Crippen LogP contribution in [0.2, 0.25) is 0 Å². The third-order valence-electron chi connectivity index (χ3n) is 3.92. The Balaban J connectivity index is 2.54. The average molecular weight is 197 g/mol. The van der Waals surface area contributed by atoms with Gasteiger partial charge in [0.2, 0.25) is 0 Å². The Morgan fingerprint density at radius 2 is 1.86 bits per heavy atom. The monoisotopic (exact) mass is 197 g/mol. The fourth-order valence-corrected chi connectivity index (χ4v) is 3.12. The highest BCUT2D eigenvalue weighted by Crippen LogP contribution is 2.40. The van der Waals surface area contributed by atoms with Gasteiger partial charge in [-0.05, 0) is 50.1 Å². The van der Waals surface area contributed by atoms with Crippen molar-refractivity contribution < 1.29 is 0 Å². The highest BCUT2D eigenvalue weighted by Gasteiger charge is 2.32. The summed E-state index contributed by atoms with van der Waals surface area (Å²) in [5.41, 5.74) is 0.608. The number of piperidine rings is 1. The summed E-state index contributed by atoms with van der Waals surface area (Å²) in [4.78, 5) is 0. The molecular weight excluding hydrogens is 170 g/mol. The van der Waals surface area contributed by atoms with E-state index in [1.54, 1.807) is 0 Å². The van der Waals surface area contributed by atoms with Crippen LogP contribution in [-0.2, 0) is 0 Å². The molecule has 0 aromatic heterocycles. The first-order valence-corrected chi connectivity index (χ1v) is 6.43. The van der Waals surface area contributed by atoms with Crippen molar-refractivity contribution in [3.63, 3.8) is 0 Å². The summed E-state index contributed by atoms with van der Waals surface area (Å²) in [5.74, 6) is 0.927. The second-order valence-electron chi connectivity index (χ2n) is 5.20. The van der Waals surface area contributed by atoms with Gasteiger partial charge in [-0.15, -0.1) is 0 Å². The van der Waals surface area contributed by atoms with E-state index in [4.69, 9.17) is 0 Å². The molecule has 0 spiro atoms. The van der Waals surface area contributed by atoms with E-state index in [-0.39, 0.29) is 0 Å². The van der Waals surface area contributed by atoms with Gasteiger partial charge in [-0.25, -0.2) is 0 Å². The van der Waals surface area contributed by atoms with Crippen molar-refractivity contribution >= 4 is 0 Å². The Hall–Kier alpha value is -0.0400. The van der Waals surface area contributed by atoms with Gasteiger partial charge in [-0.3, -0.25) is 0 Å². The molecule has 1 saturated heterocycles. The molecule has 1 rings (SSSR count). The molecule has 1 fully saturated rings. The predicted molar refractivity (Wildman–Crippen MR) is 63.5 cm³/mol. The molecule has 1 heterocycles. The fraction of sp³-hybridized carbons (Fsp3) is 1.00. The molecule has 1 atom stereocenters. The molecule has 0 bridgehead atoms. The van der Waals surface area contributed by atoms with E-state index in [1.807, 2.05) is 0 Å². The fourth-order valence-electron chi connectivity index (χ4n) is 3.12. The number of hydrogen-bond donors (Lipinski definition) is 1. The molecular formula is C13H27N. The van der Waals surface area contributed by atoms with Gasteiger partial charge in [0, 0.05) is 0 Å². The lowest BCUT2D eigenvalue weighted by atomic mass is 9.68. The first-order valence-electron chi connectivity index (χ1n) is 6.43. The molecule has 1 aliphatic rings. The minimum absolute atomic E-state index is 0.608. The Kier molecular flexibility index (Phi) is 4.94. The highest BCUT2D eigenvalue weighted by molar-refractivity contribution is 4.85. The van der Waals surface area contributed by atoms with Crippen molar-refractivity contribution in [2.75, 3.05) is 13.1 Å². The third kappa shape index (κ3) is 2.98. The van der Waals surface area contributed by atoms with Crippen molar-refractivity contribution in [2.24, 2.45) is 11.3 Å².